The number of allylic oxidation sites excluding steroid dienone is 3. The maximum Gasteiger partial charge on any atom is 0.239 e. The number of carbonyl (C=O) groups is 1. The first kappa shape index (κ1) is 20.0. The summed E-state index contributed by atoms with van der Waals surface area (Å²) in [7, 11) is -6.93. The number of anilines is 1. The smallest absolute Gasteiger partial charge is 0.239 e. The summed E-state index contributed by atoms with van der Waals surface area (Å²) in [5.74, 6) is 0. The van der Waals surface area contributed by atoms with Crippen molar-refractivity contribution < 1.29 is 21.6 Å². The summed E-state index contributed by atoms with van der Waals surface area (Å²) in [5, 5.41) is -0.744. The van der Waals surface area contributed by atoms with Crippen molar-refractivity contribution in [2.75, 3.05) is 11.0 Å². The summed E-state index contributed by atoms with van der Waals surface area (Å²) in [6, 6.07) is 12.7. The van der Waals surface area contributed by atoms with Crippen molar-refractivity contribution in [2.24, 2.45) is 0 Å². The van der Waals surface area contributed by atoms with Crippen molar-refractivity contribution >= 4 is 37.4 Å². The van der Waals surface area contributed by atoms with Crippen LogP contribution in [-0.2, 0) is 19.9 Å². The zero-order valence-electron chi connectivity index (χ0n) is 15.1. The number of hydrogen-bond acceptors (Lipinski definition) is 5. The third-order valence-corrected chi connectivity index (χ3v) is 7.15. The molecular formula is C20H19NO5S2. The molecule has 2 aromatic rings. The molecule has 1 atom stereocenters. The van der Waals surface area contributed by atoms with Gasteiger partial charge in [-0.3, -0.25) is 9.52 Å². The van der Waals surface area contributed by atoms with E-state index in [0.717, 1.165) is 17.4 Å². The van der Waals surface area contributed by atoms with E-state index in [4.69, 9.17) is 0 Å². The van der Waals surface area contributed by atoms with Crippen LogP contribution in [0.3, 0.4) is 0 Å². The fourth-order valence-corrected chi connectivity index (χ4v) is 4.73. The predicted molar refractivity (Wildman–Crippen MR) is 109 cm³/mol. The predicted octanol–water partition coefficient (Wildman–Crippen LogP) is 3.06. The average molecular weight is 418 g/mol. The van der Waals surface area contributed by atoms with Crippen LogP contribution in [0, 0.1) is 0 Å². The summed E-state index contributed by atoms with van der Waals surface area (Å²) in [6.07, 6.45) is 7.21. The van der Waals surface area contributed by atoms with Gasteiger partial charge in [-0.2, -0.15) is 0 Å². The Morgan fingerprint density at radius 1 is 1.04 bits per heavy atom. The minimum Gasteiger partial charge on any atom is -0.298 e. The molecule has 0 saturated carbocycles. The van der Waals surface area contributed by atoms with Crippen molar-refractivity contribution in [3.8, 4) is 0 Å². The Balaban J connectivity index is 1.73. The van der Waals surface area contributed by atoms with Crippen LogP contribution < -0.4 is 4.72 Å². The second kappa shape index (κ2) is 7.73. The number of rotatable bonds is 6. The maximum absolute atomic E-state index is 12.6. The molecule has 0 aliphatic heterocycles. The number of carbonyl (C=O) groups excluding carboxylic acids is 1. The van der Waals surface area contributed by atoms with Gasteiger partial charge in [-0.05, 0) is 41.8 Å². The van der Waals surface area contributed by atoms with E-state index in [1.807, 2.05) is 0 Å². The summed E-state index contributed by atoms with van der Waals surface area (Å²) in [5.41, 5.74) is 2.36. The summed E-state index contributed by atoms with van der Waals surface area (Å²) in [6.45, 7) is 0. The Bertz CT molecular complexity index is 1160. The molecule has 1 aliphatic rings. The van der Waals surface area contributed by atoms with Crippen LogP contribution in [0.1, 0.15) is 22.3 Å². The molecular weight excluding hydrogens is 398 g/mol. The number of aldehydes is 1. The molecule has 1 unspecified atom stereocenters. The molecule has 0 spiro atoms. The Labute approximate surface area is 164 Å². The van der Waals surface area contributed by atoms with E-state index in [-0.39, 0.29) is 11.3 Å². The Kier molecular flexibility index (Phi) is 5.53. The molecule has 8 heteroatoms. The highest BCUT2D eigenvalue weighted by Gasteiger charge is 2.24. The zero-order valence-corrected chi connectivity index (χ0v) is 16.7. The lowest BCUT2D eigenvalue weighted by molar-refractivity contribution is 0.112. The van der Waals surface area contributed by atoms with Crippen LogP contribution in [0.15, 0.2) is 71.7 Å². The standard InChI is InChI=1S/C20H19NO5S2/c1-27(23,24)19-9-5-16(6-10-19)17-7-11-20(12-8-17)28(25,26)21-18-4-2-3-15(13-18)14-22/h2-11,13-14,20-21H,12H2,1H3. The van der Waals surface area contributed by atoms with E-state index in [2.05, 4.69) is 4.72 Å². The van der Waals surface area contributed by atoms with Crippen LogP contribution in [0.25, 0.3) is 5.57 Å². The SMILES string of the molecule is CS(=O)(=O)c1ccc(C2=CCC(S(=O)(=O)Nc3cccc(C=O)c3)C=C2)cc1. The third kappa shape index (κ3) is 4.58. The molecule has 0 aromatic heterocycles. The first-order valence-electron chi connectivity index (χ1n) is 8.45. The van der Waals surface area contributed by atoms with Gasteiger partial charge in [-0.1, -0.05) is 42.5 Å². The highest BCUT2D eigenvalue weighted by Crippen LogP contribution is 2.26. The fraction of sp³-hybridized carbons (Fsp3) is 0.150. The number of nitrogens with one attached hydrogen (secondary N) is 1. The van der Waals surface area contributed by atoms with Gasteiger partial charge in [-0.25, -0.2) is 16.8 Å². The Morgan fingerprint density at radius 3 is 2.32 bits per heavy atom. The van der Waals surface area contributed by atoms with Gasteiger partial charge >= 0.3 is 0 Å². The van der Waals surface area contributed by atoms with Gasteiger partial charge in [0.15, 0.2) is 9.84 Å². The van der Waals surface area contributed by atoms with Gasteiger partial charge in [0.05, 0.1) is 4.90 Å². The van der Waals surface area contributed by atoms with Crippen LogP contribution in [-0.4, -0.2) is 34.6 Å². The lowest BCUT2D eigenvalue weighted by Gasteiger charge is -2.18. The highest BCUT2D eigenvalue weighted by atomic mass is 32.2. The molecule has 0 amide bonds. The summed E-state index contributed by atoms with van der Waals surface area (Å²) in [4.78, 5) is 11.1. The molecule has 3 rings (SSSR count). The van der Waals surface area contributed by atoms with Gasteiger partial charge in [0, 0.05) is 17.5 Å². The molecule has 146 valence electrons. The van der Waals surface area contributed by atoms with Crippen molar-refractivity contribution in [3.63, 3.8) is 0 Å². The topological polar surface area (TPSA) is 97.4 Å². The third-order valence-electron chi connectivity index (χ3n) is 4.36. The molecule has 6 nitrogen and oxygen atoms in total. The van der Waals surface area contributed by atoms with Gasteiger partial charge in [0.1, 0.15) is 11.5 Å². The van der Waals surface area contributed by atoms with Crippen molar-refractivity contribution in [2.45, 2.75) is 16.6 Å². The van der Waals surface area contributed by atoms with E-state index >= 15 is 0 Å². The molecule has 28 heavy (non-hydrogen) atoms. The van der Waals surface area contributed by atoms with Gasteiger partial charge in [0.25, 0.3) is 0 Å². The zero-order chi connectivity index (χ0) is 20.4. The second-order valence-corrected chi connectivity index (χ2v) is 10.4. The monoisotopic (exact) mass is 417 g/mol. The minimum atomic E-state index is -3.67. The molecule has 1 N–H and O–H groups in total. The van der Waals surface area contributed by atoms with Crippen molar-refractivity contribution in [1.29, 1.82) is 0 Å². The number of benzene rings is 2. The molecule has 0 saturated heterocycles. The average Bonchev–Trinajstić information content (AvgIpc) is 2.67. The molecule has 0 bridgehead atoms. The fourth-order valence-electron chi connectivity index (χ4n) is 2.85. The van der Waals surface area contributed by atoms with Crippen LogP contribution >= 0.6 is 0 Å². The van der Waals surface area contributed by atoms with E-state index < -0.39 is 25.1 Å². The van der Waals surface area contributed by atoms with Crippen LogP contribution in [0.2, 0.25) is 0 Å². The number of hydrogen-bond donors (Lipinski definition) is 1. The van der Waals surface area contributed by atoms with Crippen LogP contribution in [0.5, 0.6) is 0 Å². The first-order valence-corrected chi connectivity index (χ1v) is 11.9. The minimum absolute atomic E-state index is 0.235. The quantitative estimate of drug-likeness (QED) is 0.729. The van der Waals surface area contributed by atoms with E-state index in [0.29, 0.717) is 17.5 Å². The molecule has 0 heterocycles. The van der Waals surface area contributed by atoms with Gasteiger partial charge in [0.2, 0.25) is 10.0 Å². The highest BCUT2D eigenvalue weighted by molar-refractivity contribution is 7.93. The normalized spacial score (nSPS) is 17.0. The Hall–Kier alpha value is -2.71. The molecule has 2 aromatic carbocycles. The number of sulfonamides is 1. The van der Waals surface area contributed by atoms with E-state index in [1.165, 1.54) is 18.2 Å². The molecule has 1 aliphatic carbocycles. The van der Waals surface area contributed by atoms with Gasteiger partial charge < -0.3 is 0 Å². The largest absolute Gasteiger partial charge is 0.298 e. The maximum atomic E-state index is 12.6. The molecule has 0 fully saturated rings. The summed E-state index contributed by atoms with van der Waals surface area (Å²) < 4.78 is 50.8. The van der Waals surface area contributed by atoms with Gasteiger partial charge in [-0.15, -0.1) is 0 Å². The number of sulfone groups is 1. The van der Waals surface area contributed by atoms with E-state index in [9.17, 15) is 21.6 Å². The lowest BCUT2D eigenvalue weighted by atomic mass is 10.00. The van der Waals surface area contributed by atoms with Crippen molar-refractivity contribution in [3.05, 3.63) is 77.9 Å². The summed E-state index contributed by atoms with van der Waals surface area (Å²) >= 11 is 0. The van der Waals surface area contributed by atoms with Crippen molar-refractivity contribution in [1.82, 2.24) is 0 Å². The van der Waals surface area contributed by atoms with Crippen LogP contribution in [0.4, 0.5) is 5.69 Å². The lowest BCUT2D eigenvalue weighted by Crippen LogP contribution is -2.27. The second-order valence-electron chi connectivity index (χ2n) is 6.48. The molecule has 0 radical (unpaired) electrons. The first-order chi connectivity index (χ1) is 13.2. The Morgan fingerprint density at radius 2 is 1.75 bits per heavy atom. The van der Waals surface area contributed by atoms with E-state index in [1.54, 1.807) is 48.6 Å².